The number of carbonyl (C=O) groups is 1. The highest BCUT2D eigenvalue weighted by Crippen LogP contribution is 2.27. The molecule has 1 amide bonds. The summed E-state index contributed by atoms with van der Waals surface area (Å²) in [5.41, 5.74) is 1.27. The fourth-order valence-corrected chi connectivity index (χ4v) is 6.41. The van der Waals surface area contributed by atoms with Gasteiger partial charge in [-0.2, -0.15) is 4.31 Å². The van der Waals surface area contributed by atoms with Crippen molar-refractivity contribution in [2.24, 2.45) is 5.92 Å². The quantitative estimate of drug-likeness (QED) is 0.557. The second-order valence-corrected chi connectivity index (χ2v) is 10.6. The number of hydrogen-bond acceptors (Lipinski definition) is 5. The summed E-state index contributed by atoms with van der Waals surface area (Å²) in [5, 5.41) is 1.77. The van der Waals surface area contributed by atoms with Gasteiger partial charge in [0, 0.05) is 39.2 Å². The fraction of sp³-hybridized carbons (Fsp3) is 0.500. The van der Waals surface area contributed by atoms with Gasteiger partial charge in [0.1, 0.15) is 4.21 Å². The first-order valence-corrected chi connectivity index (χ1v) is 12.7. The zero-order valence-corrected chi connectivity index (χ0v) is 19.0. The van der Waals surface area contributed by atoms with Crippen molar-refractivity contribution >= 4 is 27.3 Å². The minimum Gasteiger partial charge on any atom is -0.383 e. The summed E-state index contributed by atoms with van der Waals surface area (Å²) < 4.78 is 32.5. The van der Waals surface area contributed by atoms with Crippen molar-refractivity contribution in [1.82, 2.24) is 9.21 Å². The molecule has 0 unspecified atom stereocenters. The van der Waals surface area contributed by atoms with E-state index in [0.717, 1.165) is 12.8 Å². The zero-order valence-electron chi connectivity index (χ0n) is 17.4. The molecule has 164 valence electrons. The molecule has 8 heteroatoms. The van der Waals surface area contributed by atoms with Gasteiger partial charge in [0.2, 0.25) is 5.91 Å². The number of benzene rings is 1. The molecule has 2 heterocycles. The number of methoxy groups -OCH3 is 1. The summed E-state index contributed by atoms with van der Waals surface area (Å²) in [6, 6.07) is 13.6. The Morgan fingerprint density at radius 2 is 1.87 bits per heavy atom. The molecule has 1 aliphatic heterocycles. The van der Waals surface area contributed by atoms with E-state index in [1.807, 2.05) is 23.1 Å². The van der Waals surface area contributed by atoms with Crippen LogP contribution in [0.2, 0.25) is 0 Å². The van der Waals surface area contributed by atoms with E-state index < -0.39 is 10.0 Å². The Labute approximate surface area is 183 Å². The van der Waals surface area contributed by atoms with Crippen LogP contribution in [-0.2, 0) is 26.0 Å². The predicted molar refractivity (Wildman–Crippen MR) is 119 cm³/mol. The molecule has 1 aromatic carbocycles. The van der Waals surface area contributed by atoms with Gasteiger partial charge in [-0.1, -0.05) is 36.4 Å². The summed E-state index contributed by atoms with van der Waals surface area (Å²) >= 11 is 1.23. The molecule has 0 saturated carbocycles. The van der Waals surface area contributed by atoms with Gasteiger partial charge in [-0.15, -0.1) is 11.3 Å². The molecule has 0 spiro atoms. The van der Waals surface area contributed by atoms with Crippen LogP contribution in [0.3, 0.4) is 0 Å². The first-order chi connectivity index (χ1) is 14.5. The van der Waals surface area contributed by atoms with Crippen molar-refractivity contribution in [1.29, 1.82) is 0 Å². The standard InChI is InChI=1S/C22H30N2O4S2/c1-28-17-16-23(13-5-9-19-7-3-2-4-8-19)22(25)20-11-14-24(15-12-20)30(26,27)21-10-6-18-29-21/h2-4,6-8,10,18,20H,5,9,11-17H2,1H3. The fourth-order valence-electron chi connectivity index (χ4n) is 3.79. The summed E-state index contributed by atoms with van der Waals surface area (Å²) in [6.07, 6.45) is 2.94. The molecule has 0 bridgehead atoms. The first-order valence-electron chi connectivity index (χ1n) is 10.4. The SMILES string of the molecule is COCCN(CCCc1ccccc1)C(=O)C1CCN(S(=O)(=O)c2cccs2)CC1. The largest absolute Gasteiger partial charge is 0.383 e. The Morgan fingerprint density at radius 1 is 1.13 bits per heavy atom. The van der Waals surface area contributed by atoms with Crippen LogP contribution in [0.4, 0.5) is 0 Å². The van der Waals surface area contributed by atoms with Crippen molar-refractivity contribution in [2.75, 3.05) is 39.9 Å². The smallest absolute Gasteiger partial charge is 0.252 e. The second kappa shape index (κ2) is 11.0. The molecule has 6 nitrogen and oxygen atoms in total. The maximum absolute atomic E-state index is 13.1. The van der Waals surface area contributed by atoms with E-state index in [9.17, 15) is 13.2 Å². The molecule has 0 N–H and O–H groups in total. The summed E-state index contributed by atoms with van der Waals surface area (Å²) in [7, 11) is -1.80. The number of thiophene rings is 1. The molecule has 0 aliphatic carbocycles. The predicted octanol–water partition coefficient (Wildman–Crippen LogP) is 3.26. The van der Waals surface area contributed by atoms with Gasteiger partial charge < -0.3 is 9.64 Å². The molecular formula is C22H30N2O4S2. The van der Waals surface area contributed by atoms with Gasteiger partial charge in [0.25, 0.3) is 10.0 Å². The van der Waals surface area contributed by atoms with E-state index in [1.54, 1.807) is 24.6 Å². The van der Waals surface area contributed by atoms with Gasteiger partial charge in [-0.05, 0) is 42.7 Å². The molecule has 3 rings (SSSR count). The van der Waals surface area contributed by atoms with Crippen LogP contribution in [0.15, 0.2) is 52.1 Å². The number of sulfonamides is 1. The van der Waals surface area contributed by atoms with Crippen LogP contribution >= 0.6 is 11.3 Å². The summed E-state index contributed by atoms with van der Waals surface area (Å²) in [4.78, 5) is 15.0. The monoisotopic (exact) mass is 450 g/mol. The normalized spacial score (nSPS) is 15.9. The minimum atomic E-state index is -3.44. The number of carbonyl (C=O) groups excluding carboxylic acids is 1. The van der Waals surface area contributed by atoms with E-state index in [1.165, 1.54) is 21.2 Å². The second-order valence-electron chi connectivity index (χ2n) is 7.52. The lowest BCUT2D eigenvalue weighted by Crippen LogP contribution is -2.45. The number of ether oxygens (including phenoxy) is 1. The topological polar surface area (TPSA) is 66.9 Å². The average molecular weight is 451 g/mol. The summed E-state index contributed by atoms with van der Waals surface area (Å²) in [6.45, 7) is 2.53. The van der Waals surface area contributed by atoms with Gasteiger partial charge in [0.05, 0.1) is 6.61 Å². The average Bonchev–Trinajstić information content (AvgIpc) is 3.32. The molecule has 1 saturated heterocycles. The number of aryl methyl sites for hydroxylation is 1. The highest BCUT2D eigenvalue weighted by Gasteiger charge is 2.34. The van der Waals surface area contributed by atoms with Crippen molar-refractivity contribution in [3.8, 4) is 0 Å². The number of nitrogens with zero attached hydrogens (tertiary/aromatic N) is 2. The Balaban J connectivity index is 1.54. The van der Waals surface area contributed by atoms with E-state index in [4.69, 9.17) is 4.74 Å². The van der Waals surface area contributed by atoms with Crippen molar-refractivity contribution in [3.63, 3.8) is 0 Å². The zero-order chi connectivity index (χ0) is 21.4. The lowest BCUT2D eigenvalue weighted by molar-refractivity contribution is -0.137. The third-order valence-electron chi connectivity index (χ3n) is 5.51. The molecular weight excluding hydrogens is 420 g/mol. The molecule has 0 atom stereocenters. The minimum absolute atomic E-state index is 0.119. The number of hydrogen-bond donors (Lipinski definition) is 0. The third kappa shape index (κ3) is 5.91. The van der Waals surface area contributed by atoms with Crippen LogP contribution in [0.25, 0.3) is 0 Å². The van der Waals surface area contributed by atoms with Crippen molar-refractivity contribution < 1.29 is 17.9 Å². The molecule has 2 aromatic rings. The van der Waals surface area contributed by atoms with Gasteiger partial charge in [0.15, 0.2) is 0 Å². The number of rotatable bonds is 10. The van der Waals surface area contributed by atoms with E-state index >= 15 is 0 Å². The van der Waals surface area contributed by atoms with Gasteiger partial charge in [-0.25, -0.2) is 8.42 Å². The maximum Gasteiger partial charge on any atom is 0.252 e. The van der Waals surface area contributed by atoms with Gasteiger partial charge >= 0.3 is 0 Å². The highest BCUT2D eigenvalue weighted by molar-refractivity contribution is 7.91. The maximum atomic E-state index is 13.1. The summed E-state index contributed by atoms with van der Waals surface area (Å²) in [5.74, 6) is -0.0124. The van der Waals surface area contributed by atoms with Crippen LogP contribution in [0.1, 0.15) is 24.8 Å². The third-order valence-corrected chi connectivity index (χ3v) is 8.78. The van der Waals surface area contributed by atoms with Gasteiger partial charge in [-0.3, -0.25) is 4.79 Å². The first kappa shape index (κ1) is 22.9. The number of piperidine rings is 1. The van der Waals surface area contributed by atoms with Crippen LogP contribution < -0.4 is 0 Å². The Kier molecular flexibility index (Phi) is 8.44. The molecule has 1 fully saturated rings. The molecule has 30 heavy (non-hydrogen) atoms. The van der Waals surface area contributed by atoms with E-state index in [0.29, 0.717) is 49.8 Å². The van der Waals surface area contributed by atoms with Crippen molar-refractivity contribution in [2.45, 2.75) is 29.9 Å². The van der Waals surface area contributed by atoms with Crippen molar-refractivity contribution in [3.05, 3.63) is 53.4 Å². The van der Waals surface area contributed by atoms with Crippen LogP contribution in [0, 0.1) is 5.92 Å². The van der Waals surface area contributed by atoms with Crippen LogP contribution in [0.5, 0.6) is 0 Å². The lowest BCUT2D eigenvalue weighted by Gasteiger charge is -2.33. The molecule has 1 aliphatic rings. The molecule has 0 radical (unpaired) electrons. The number of amides is 1. The lowest BCUT2D eigenvalue weighted by atomic mass is 9.96. The van der Waals surface area contributed by atoms with E-state index in [-0.39, 0.29) is 11.8 Å². The van der Waals surface area contributed by atoms with Crippen LogP contribution in [-0.4, -0.2) is 63.4 Å². The van der Waals surface area contributed by atoms with E-state index in [2.05, 4.69) is 12.1 Å². The Morgan fingerprint density at radius 3 is 2.50 bits per heavy atom. The molecule has 1 aromatic heterocycles. The highest BCUT2D eigenvalue weighted by atomic mass is 32.2. The Hall–Kier alpha value is -1.74. The Bertz CT molecular complexity index is 877.